The second-order valence-corrected chi connectivity index (χ2v) is 5.89. The second-order valence-electron chi connectivity index (χ2n) is 5.89. The molecule has 2 heterocycles. The van der Waals surface area contributed by atoms with Gasteiger partial charge in [0.05, 0.1) is 5.69 Å². The third kappa shape index (κ3) is 7.94. The van der Waals surface area contributed by atoms with Crippen molar-refractivity contribution < 1.29 is 9.21 Å². The molecule has 27 heavy (non-hydrogen) atoms. The number of nitrogens with one attached hydrogen (secondary N) is 3. The van der Waals surface area contributed by atoms with E-state index in [0.29, 0.717) is 37.2 Å². The number of nitrogens with zero attached hydrogens (tertiary/aromatic N) is 3. The van der Waals surface area contributed by atoms with E-state index in [1.807, 2.05) is 33.8 Å². The number of aryl methyl sites for hydroxylation is 3. The molecule has 0 atom stereocenters. The maximum atomic E-state index is 12.0. The van der Waals surface area contributed by atoms with Gasteiger partial charge in [0, 0.05) is 25.7 Å². The summed E-state index contributed by atoms with van der Waals surface area (Å²) in [4.78, 5) is 24.9. The van der Waals surface area contributed by atoms with E-state index in [0.717, 1.165) is 23.6 Å². The number of oxazole rings is 1. The van der Waals surface area contributed by atoms with Crippen molar-refractivity contribution >= 4 is 41.7 Å². The van der Waals surface area contributed by atoms with Crippen molar-refractivity contribution in [1.82, 2.24) is 20.6 Å². The third-order valence-electron chi connectivity index (χ3n) is 3.61. The molecule has 0 aliphatic carbocycles. The fourth-order valence-corrected chi connectivity index (χ4v) is 2.14. The fraction of sp³-hybridized carbons (Fsp3) is 0.444. The maximum Gasteiger partial charge on any atom is 0.227 e. The number of hydrogen-bond donors (Lipinski definition) is 3. The van der Waals surface area contributed by atoms with Gasteiger partial charge in [0.25, 0.3) is 0 Å². The number of aliphatic imine (C=N–C) groups is 1. The first-order valence-corrected chi connectivity index (χ1v) is 8.65. The molecule has 2 aromatic heterocycles. The maximum absolute atomic E-state index is 12.0. The molecule has 2 aromatic rings. The zero-order valence-corrected chi connectivity index (χ0v) is 18.5. The van der Waals surface area contributed by atoms with E-state index in [1.54, 1.807) is 12.3 Å². The molecule has 0 radical (unpaired) electrons. The van der Waals surface area contributed by atoms with Crippen molar-refractivity contribution in [3.8, 4) is 0 Å². The van der Waals surface area contributed by atoms with Gasteiger partial charge in [-0.15, -0.1) is 24.0 Å². The van der Waals surface area contributed by atoms with Gasteiger partial charge in [-0.2, -0.15) is 0 Å². The predicted molar refractivity (Wildman–Crippen MR) is 116 cm³/mol. The number of amides is 1. The number of rotatable bonds is 7. The third-order valence-corrected chi connectivity index (χ3v) is 3.61. The van der Waals surface area contributed by atoms with E-state index in [9.17, 15) is 4.79 Å². The summed E-state index contributed by atoms with van der Waals surface area (Å²) < 4.78 is 5.52. The van der Waals surface area contributed by atoms with Crippen molar-refractivity contribution in [1.29, 1.82) is 0 Å². The number of carbonyl (C=O) groups excluding carboxylic acids is 1. The van der Waals surface area contributed by atoms with Crippen LogP contribution in [0.4, 0.5) is 5.82 Å². The summed E-state index contributed by atoms with van der Waals surface area (Å²) in [5.41, 5.74) is 1.92. The normalized spacial score (nSPS) is 10.9. The Bertz CT molecular complexity index is 738. The van der Waals surface area contributed by atoms with Crippen LogP contribution in [0.1, 0.15) is 36.3 Å². The lowest BCUT2D eigenvalue weighted by Gasteiger charge is -2.11. The summed E-state index contributed by atoms with van der Waals surface area (Å²) in [6, 6.07) is 3.69. The van der Waals surface area contributed by atoms with E-state index in [2.05, 4.69) is 30.9 Å². The molecule has 1 amide bonds. The Hall–Kier alpha value is -2.17. The highest BCUT2D eigenvalue weighted by Gasteiger charge is 2.07. The standard InChI is InChI=1S/C18H26N6O2.HI/c1-5-19-18(22-11-17-23-13(3)14(4)26-17)20-9-8-16(25)24-15-7-6-12(2)10-21-15;/h6-7,10H,5,8-9,11H2,1-4H3,(H2,19,20,22)(H,21,24,25);1H. The summed E-state index contributed by atoms with van der Waals surface area (Å²) >= 11 is 0. The summed E-state index contributed by atoms with van der Waals surface area (Å²) in [5.74, 6) is 2.43. The van der Waals surface area contributed by atoms with Crippen molar-refractivity contribution in [3.05, 3.63) is 41.2 Å². The Morgan fingerprint density at radius 1 is 1.22 bits per heavy atom. The van der Waals surface area contributed by atoms with E-state index in [1.165, 1.54) is 0 Å². The van der Waals surface area contributed by atoms with E-state index in [4.69, 9.17) is 4.42 Å². The Balaban J connectivity index is 0.00000364. The second kappa shape index (κ2) is 11.5. The molecule has 0 spiro atoms. The molecule has 3 N–H and O–H groups in total. The first kappa shape index (κ1) is 22.9. The number of aromatic nitrogens is 2. The van der Waals surface area contributed by atoms with Crippen molar-refractivity contribution in [2.75, 3.05) is 18.4 Å². The number of pyridine rings is 1. The molecule has 0 bridgehead atoms. The van der Waals surface area contributed by atoms with Crippen LogP contribution in [0.15, 0.2) is 27.7 Å². The Morgan fingerprint density at radius 2 is 2.00 bits per heavy atom. The van der Waals surface area contributed by atoms with Crippen LogP contribution < -0.4 is 16.0 Å². The molecule has 0 unspecified atom stereocenters. The summed E-state index contributed by atoms with van der Waals surface area (Å²) in [6.07, 6.45) is 2.02. The predicted octanol–water partition coefficient (Wildman–Crippen LogP) is 2.70. The molecule has 0 aliphatic rings. The average Bonchev–Trinajstić information content (AvgIpc) is 2.93. The van der Waals surface area contributed by atoms with Crippen LogP contribution >= 0.6 is 24.0 Å². The molecular weight excluding hydrogens is 459 g/mol. The summed E-state index contributed by atoms with van der Waals surface area (Å²) in [7, 11) is 0. The molecule has 8 nitrogen and oxygen atoms in total. The molecule has 0 saturated heterocycles. The number of halogens is 1. The number of carbonyl (C=O) groups is 1. The number of guanidine groups is 1. The zero-order chi connectivity index (χ0) is 18.9. The van der Waals surface area contributed by atoms with Crippen LogP contribution in [0.3, 0.4) is 0 Å². The van der Waals surface area contributed by atoms with Gasteiger partial charge in [-0.05, 0) is 39.3 Å². The largest absolute Gasteiger partial charge is 0.444 e. The highest BCUT2D eigenvalue weighted by atomic mass is 127. The average molecular weight is 486 g/mol. The summed E-state index contributed by atoms with van der Waals surface area (Å²) in [5, 5.41) is 9.02. The highest BCUT2D eigenvalue weighted by Crippen LogP contribution is 2.09. The van der Waals surface area contributed by atoms with Crippen LogP contribution in [0, 0.1) is 20.8 Å². The van der Waals surface area contributed by atoms with Gasteiger partial charge in [0.15, 0.2) is 5.96 Å². The van der Waals surface area contributed by atoms with Gasteiger partial charge in [0.2, 0.25) is 11.8 Å². The molecular formula is C18H27IN6O2. The number of hydrogen-bond acceptors (Lipinski definition) is 5. The Kier molecular flexibility index (Phi) is 9.76. The fourth-order valence-electron chi connectivity index (χ4n) is 2.14. The van der Waals surface area contributed by atoms with Gasteiger partial charge in [-0.1, -0.05) is 6.07 Å². The summed E-state index contributed by atoms with van der Waals surface area (Å²) in [6.45, 7) is 9.21. The molecule has 0 fully saturated rings. The molecule has 2 rings (SSSR count). The lowest BCUT2D eigenvalue weighted by molar-refractivity contribution is -0.116. The molecule has 0 saturated carbocycles. The van der Waals surface area contributed by atoms with Crippen LogP contribution in [0.5, 0.6) is 0 Å². The Morgan fingerprint density at radius 3 is 2.59 bits per heavy atom. The first-order valence-electron chi connectivity index (χ1n) is 8.65. The molecule has 0 aromatic carbocycles. The van der Waals surface area contributed by atoms with Crippen LogP contribution in [-0.4, -0.2) is 34.9 Å². The molecule has 0 aliphatic heterocycles. The number of anilines is 1. The van der Waals surface area contributed by atoms with Crippen LogP contribution in [0.2, 0.25) is 0 Å². The molecule has 148 valence electrons. The first-order chi connectivity index (χ1) is 12.5. The SMILES string of the molecule is CCNC(=NCc1nc(C)c(C)o1)NCCC(=O)Nc1ccc(C)cn1.I. The smallest absolute Gasteiger partial charge is 0.227 e. The van der Waals surface area contributed by atoms with Crippen molar-refractivity contribution in [3.63, 3.8) is 0 Å². The van der Waals surface area contributed by atoms with E-state index in [-0.39, 0.29) is 29.9 Å². The zero-order valence-electron chi connectivity index (χ0n) is 16.1. The quantitative estimate of drug-likeness (QED) is 0.316. The topological polar surface area (TPSA) is 104 Å². The van der Waals surface area contributed by atoms with Gasteiger partial charge in [0.1, 0.15) is 18.1 Å². The minimum absolute atomic E-state index is 0. The van der Waals surface area contributed by atoms with E-state index >= 15 is 0 Å². The van der Waals surface area contributed by atoms with Crippen LogP contribution in [-0.2, 0) is 11.3 Å². The van der Waals surface area contributed by atoms with Crippen LogP contribution in [0.25, 0.3) is 0 Å². The minimum atomic E-state index is -0.108. The van der Waals surface area contributed by atoms with Crippen molar-refractivity contribution in [2.24, 2.45) is 4.99 Å². The highest BCUT2D eigenvalue weighted by molar-refractivity contribution is 14.0. The van der Waals surface area contributed by atoms with Gasteiger partial charge >= 0.3 is 0 Å². The van der Waals surface area contributed by atoms with E-state index < -0.39 is 0 Å². The molecule has 9 heteroatoms. The van der Waals surface area contributed by atoms with Gasteiger partial charge in [-0.25, -0.2) is 15.0 Å². The van der Waals surface area contributed by atoms with Gasteiger partial charge in [-0.3, -0.25) is 4.79 Å². The minimum Gasteiger partial charge on any atom is -0.444 e. The monoisotopic (exact) mass is 486 g/mol. The van der Waals surface area contributed by atoms with Gasteiger partial charge < -0.3 is 20.4 Å². The lowest BCUT2D eigenvalue weighted by Crippen LogP contribution is -2.38. The lowest BCUT2D eigenvalue weighted by atomic mass is 10.3. The van der Waals surface area contributed by atoms with Crippen molar-refractivity contribution in [2.45, 2.75) is 40.7 Å². The Labute approximate surface area is 176 Å².